The summed E-state index contributed by atoms with van der Waals surface area (Å²) in [6, 6.07) is 16.0. The Bertz CT molecular complexity index is 907. The van der Waals surface area contributed by atoms with Crippen molar-refractivity contribution >= 4 is 11.8 Å². The number of carbonyl (C=O) groups is 2. The van der Waals surface area contributed by atoms with Crippen LogP contribution in [0.2, 0.25) is 0 Å². The SMILES string of the molecule is CN(C)C(=O)[C@]1(c2ccccn2)CCCN(C(=O)C2(c3ccccc3)CCCCC2)C1. The Labute approximate surface area is 185 Å². The van der Waals surface area contributed by atoms with Gasteiger partial charge in [0.1, 0.15) is 5.41 Å². The third-order valence-corrected chi connectivity index (χ3v) is 7.19. The summed E-state index contributed by atoms with van der Waals surface area (Å²) in [6.45, 7) is 1.09. The fourth-order valence-corrected chi connectivity index (χ4v) is 5.64. The Morgan fingerprint density at radius 3 is 2.19 bits per heavy atom. The van der Waals surface area contributed by atoms with Gasteiger partial charge in [-0.2, -0.15) is 0 Å². The maximum atomic E-state index is 14.2. The van der Waals surface area contributed by atoms with E-state index in [4.69, 9.17) is 0 Å². The second kappa shape index (κ2) is 8.81. The van der Waals surface area contributed by atoms with Crippen molar-refractivity contribution in [2.24, 2.45) is 0 Å². The summed E-state index contributed by atoms with van der Waals surface area (Å²) in [5, 5.41) is 0. The molecule has 31 heavy (non-hydrogen) atoms. The number of likely N-dealkylation sites (N-methyl/N-ethyl adjacent to an activating group) is 1. The van der Waals surface area contributed by atoms with Crippen LogP contribution >= 0.6 is 0 Å². The molecule has 1 atom stereocenters. The number of hydrogen-bond acceptors (Lipinski definition) is 3. The lowest BCUT2D eigenvalue weighted by molar-refractivity contribution is -0.146. The summed E-state index contributed by atoms with van der Waals surface area (Å²) in [7, 11) is 3.58. The molecule has 2 heterocycles. The lowest BCUT2D eigenvalue weighted by Gasteiger charge is -2.46. The highest BCUT2D eigenvalue weighted by Gasteiger charge is 2.50. The first-order valence-electron chi connectivity index (χ1n) is 11.5. The quantitative estimate of drug-likeness (QED) is 0.754. The van der Waals surface area contributed by atoms with Gasteiger partial charge in [-0.3, -0.25) is 14.6 Å². The zero-order valence-corrected chi connectivity index (χ0v) is 18.7. The molecule has 2 amide bonds. The summed E-state index contributed by atoms with van der Waals surface area (Å²) in [5.74, 6) is 0.214. The Morgan fingerprint density at radius 1 is 0.871 bits per heavy atom. The van der Waals surface area contributed by atoms with E-state index in [-0.39, 0.29) is 11.8 Å². The number of pyridine rings is 1. The van der Waals surface area contributed by atoms with Gasteiger partial charge in [0.05, 0.1) is 11.1 Å². The molecule has 0 radical (unpaired) electrons. The van der Waals surface area contributed by atoms with Gasteiger partial charge in [-0.25, -0.2) is 0 Å². The third kappa shape index (κ3) is 3.86. The van der Waals surface area contributed by atoms with Crippen LogP contribution in [0, 0.1) is 0 Å². The molecule has 164 valence electrons. The van der Waals surface area contributed by atoms with Crippen molar-refractivity contribution in [3.05, 3.63) is 66.0 Å². The highest BCUT2D eigenvalue weighted by atomic mass is 16.2. The molecule has 1 aromatic carbocycles. The second-order valence-corrected chi connectivity index (χ2v) is 9.34. The van der Waals surface area contributed by atoms with E-state index < -0.39 is 10.8 Å². The van der Waals surface area contributed by atoms with Crippen LogP contribution in [0.15, 0.2) is 54.7 Å². The topological polar surface area (TPSA) is 53.5 Å². The van der Waals surface area contributed by atoms with E-state index in [2.05, 4.69) is 17.1 Å². The normalized spacial score (nSPS) is 23.2. The van der Waals surface area contributed by atoms with Crippen LogP contribution in [0.1, 0.15) is 56.2 Å². The molecule has 5 nitrogen and oxygen atoms in total. The Balaban J connectivity index is 1.72. The van der Waals surface area contributed by atoms with Gasteiger partial charge in [0, 0.05) is 33.4 Å². The molecule has 1 aliphatic carbocycles. The highest BCUT2D eigenvalue weighted by Crippen LogP contribution is 2.43. The summed E-state index contributed by atoms with van der Waals surface area (Å²) < 4.78 is 0. The Morgan fingerprint density at radius 2 is 1.55 bits per heavy atom. The van der Waals surface area contributed by atoms with Crippen LogP contribution in [0.5, 0.6) is 0 Å². The molecule has 0 bridgehead atoms. The summed E-state index contributed by atoms with van der Waals surface area (Å²) in [5.41, 5.74) is 0.621. The molecule has 0 N–H and O–H groups in total. The molecule has 1 saturated carbocycles. The van der Waals surface area contributed by atoms with E-state index in [9.17, 15) is 9.59 Å². The van der Waals surface area contributed by atoms with Crippen LogP contribution in [0.3, 0.4) is 0 Å². The van der Waals surface area contributed by atoms with Gasteiger partial charge < -0.3 is 9.80 Å². The highest BCUT2D eigenvalue weighted by molar-refractivity contribution is 5.92. The number of benzene rings is 1. The third-order valence-electron chi connectivity index (χ3n) is 7.19. The number of aromatic nitrogens is 1. The fourth-order valence-electron chi connectivity index (χ4n) is 5.64. The number of likely N-dealkylation sites (tertiary alicyclic amines) is 1. The Hall–Kier alpha value is -2.69. The molecule has 1 saturated heterocycles. The smallest absolute Gasteiger partial charge is 0.236 e. The van der Waals surface area contributed by atoms with Crippen LogP contribution in [-0.2, 0) is 20.4 Å². The zero-order valence-electron chi connectivity index (χ0n) is 18.7. The fraction of sp³-hybridized carbons (Fsp3) is 0.500. The van der Waals surface area contributed by atoms with Gasteiger partial charge in [-0.15, -0.1) is 0 Å². The lowest BCUT2D eigenvalue weighted by atomic mass is 9.67. The molecule has 2 aromatic rings. The van der Waals surface area contributed by atoms with Crippen LogP contribution in [0.25, 0.3) is 0 Å². The molecule has 0 unspecified atom stereocenters. The summed E-state index contributed by atoms with van der Waals surface area (Å²) in [4.78, 5) is 35.8. The molecule has 5 heteroatoms. The van der Waals surface area contributed by atoms with Gasteiger partial charge >= 0.3 is 0 Å². The molecular weight excluding hydrogens is 386 g/mol. The molecule has 0 spiro atoms. The number of nitrogens with zero attached hydrogens (tertiary/aromatic N) is 3. The molecule has 2 fully saturated rings. The van der Waals surface area contributed by atoms with Gasteiger partial charge in [0.15, 0.2) is 0 Å². The van der Waals surface area contributed by atoms with E-state index in [0.29, 0.717) is 19.5 Å². The first-order valence-corrected chi connectivity index (χ1v) is 11.5. The molecule has 2 aliphatic rings. The van der Waals surface area contributed by atoms with E-state index >= 15 is 0 Å². The first-order chi connectivity index (χ1) is 15.0. The number of amides is 2. The predicted octanol–water partition coefficient (Wildman–Crippen LogP) is 3.93. The van der Waals surface area contributed by atoms with Gasteiger partial charge in [0.25, 0.3) is 0 Å². The van der Waals surface area contributed by atoms with E-state index in [1.165, 1.54) is 6.42 Å². The van der Waals surface area contributed by atoms with Crippen LogP contribution < -0.4 is 0 Å². The van der Waals surface area contributed by atoms with Crippen LogP contribution in [-0.4, -0.2) is 53.8 Å². The van der Waals surface area contributed by atoms with E-state index in [1.54, 1.807) is 25.2 Å². The van der Waals surface area contributed by atoms with E-state index in [0.717, 1.165) is 43.4 Å². The number of rotatable bonds is 4. The lowest BCUT2D eigenvalue weighted by Crippen LogP contribution is -2.59. The Kier molecular flexibility index (Phi) is 6.12. The van der Waals surface area contributed by atoms with Gasteiger partial charge in [-0.05, 0) is 43.4 Å². The monoisotopic (exact) mass is 419 g/mol. The van der Waals surface area contributed by atoms with Crippen molar-refractivity contribution < 1.29 is 9.59 Å². The summed E-state index contributed by atoms with van der Waals surface area (Å²) >= 11 is 0. The van der Waals surface area contributed by atoms with Crippen molar-refractivity contribution in [3.63, 3.8) is 0 Å². The standard InChI is InChI=1S/C26H33N3O2/c1-28(2)23(30)26(22-14-7-10-18-27-22)17-11-19-29(20-26)24(31)25(15-8-4-9-16-25)21-12-5-3-6-13-21/h3,5-7,10,12-14,18H,4,8-9,11,15-17,19-20H2,1-2H3/t26-/m1/s1. The predicted molar refractivity (Wildman–Crippen MR) is 122 cm³/mol. The number of piperidine rings is 1. The maximum absolute atomic E-state index is 14.2. The molecule has 1 aliphatic heterocycles. The van der Waals surface area contributed by atoms with Crippen molar-refractivity contribution in [3.8, 4) is 0 Å². The average molecular weight is 420 g/mol. The van der Waals surface area contributed by atoms with Crippen molar-refractivity contribution in [1.82, 2.24) is 14.8 Å². The van der Waals surface area contributed by atoms with Crippen molar-refractivity contribution in [2.75, 3.05) is 27.2 Å². The largest absolute Gasteiger partial charge is 0.348 e. The number of hydrogen-bond donors (Lipinski definition) is 0. The van der Waals surface area contributed by atoms with Crippen molar-refractivity contribution in [2.45, 2.75) is 55.8 Å². The minimum atomic E-state index is -0.786. The molecule has 1 aromatic heterocycles. The van der Waals surface area contributed by atoms with E-state index in [1.807, 2.05) is 41.3 Å². The molecular formula is C26H33N3O2. The first kappa shape index (κ1) is 21.5. The van der Waals surface area contributed by atoms with Gasteiger partial charge in [0.2, 0.25) is 11.8 Å². The minimum absolute atomic E-state index is 0.0288. The minimum Gasteiger partial charge on any atom is -0.348 e. The zero-order chi connectivity index (χ0) is 21.9. The number of carbonyl (C=O) groups excluding carboxylic acids is 2. The van der Waals surface area contributed by atoms with Gasteiger partial charge in [-0.1, -0.05) is 55.7 Å². The molecule has 4 rings (SSSR count). The maximum Gasteiger partial charge on any atom is 0.236 e. The average Bonchev–Trinajstić information content (AvgIpc) is 2.84. The van der Waals surface area contributed by atoms with Crippen LogP contribution in [0.4, 0.5) is 0 Å². The summed E-state index contributed by atoms with van der Waals surface area (Å²) in [6.07, 6.45) is 8.32. The van der Waals surface area contributed by atoms with Crippen molar-refractivity contribution in [1.29, 1.82) is 0 Å². The second-order valence-electron chi connectivity index (χ2n) is 9.34.